The molecular weight excluding hydrogens is 598 g/mol. The van der Waals surface area contributed by atoms with Crippen molar-refractivity contribution in [3.05, 3.63) is 88.4 Å². The molecule has 1 fully saturated rings. The van der Waals surface area contributed by atoms with E-state index in [1.54, 1.807) is 30.3 Å². The predicted octanol–water partition coefficient (Wildman–Crippen LogP) is 2.16. The van der Waals surface area contributed by atoms with Crippen molar-refractivity contribution in [3.63, 3.8) is 0 Å². The third-order valence-electron chi connectivity index (χ3n) is 6.82. The molecule has 0 aliphatic heterocycles. The Morgan fingerprint density at radius 2 is 1.92 bits per heavy atom. The van der Waals surface area contributed by atoms with Crippen molar-refractivity contribution in [2.24, 2.45) is 5.92 Å². The minimum Gasteiger partial charge on any atom is -1.00 e. The molecule has 2 aromatic carbocycles. The van der Waals surface area contributed by atoms with Crippen molar-refractivity contribution in [1.29, 1.82) is 0 Å². The van der Waals surface area contributed by atoms with E-state index in [0.29, 0.717) is 18.5 Å². The lowest BCUT2D eigenvalue weighted by molar-refractivity contribution is -0.694. The number of ether oxygens (including phenoxy) is 1. The average Bonchev–Trinajstić information content (AvgIpc) is 3.39. The number of hydrogen-bond acceptors (Lipinski definition) is 3. The number of hydrogen-bond donors (Lipinski definition) is 1. The normalized spacial score (nSPS) is 18.3. The Labute approximate surface area is 229 Å². The fourth-order valence-corrected chi connectivity index (χ4v) is 5.02. The molecule has 1 aromatic heterocycles. The summed E-state index contributed by atoms with van der Waals surface area (Å²) in [6.07, 6.45) is 3.72. The van der Waals surface area contributed by atoms with Crippen molar-refractivity contribution < 1.29 is 45.0 Å². The van der Waals surface area contributed by atoms with E-state index in [0.717, 1.165) is 16.8 Å². The van der Waals surface area contributed by atoms with Crippen LogP contribution in [0, 0.1) is 12.8 Å². The standard InChI is InChI=1S/C27H30BrF2N2O3.BrH/c1-20-31(15-16-32(20)19-21-8-10-24(28)11-9-21)14-5-17-35-25(33)27(34,22-6-3-2-4-7-22)23-12-13-26(29,30)18-23;/h2-4,6-11,15-16,23,34H,5,12-14,17-19H2,1H3;1H/q+1;/p-1/t23-,27+;/m1./s1. The summed E-state index contributed by atoms with van der Waals surface area (Å²) in [4.78, 5) is 13.0. The maximum Gasteiger partial charge on any atom is 0.343 e. The van der Waals surface area contributed by atoms with E-state index in [1.807, 2.05) is 31.5 Å². The van der Waals surface area contributed by atoms with Gasteiger partial charge in [0.1, 0.15) is 18.9 Å². The molecule has 1 saturated carbocycles. The van der Waals surface area contributed by atoms with Crippen LogP contribution in [0.4, 0.5) is 8.78 Å². The molecule has 1 heterocycles. The number of esters is 1. The van der Waals surface area contributed by atoms with Gasteiger partial charge in [0.15, 0.2) is 5.60 Å². The molecule has 9 heteroatoms. The second-order valence-corrected chi connectivity index (χ2v) is 10.1. The first-order valence-electron chi connectivity index (χ1n) is 11.8. The zero-order valence-corrected chi connectivity index (χ0v) is 23.2. The van der Waals surface area contributed by atoms with Crippen molar-refractivity contribution >= 4 is 21.9 Å². The van der Waals surface area contributed by atoms with Crippen LogP contribution in [0.1, 0.15) is 42.6 Å². The van der Waals surface area contributed by atoms with Gasteiger partial charge in [-0.05, 0) is 29.7 Å². The predicted molar refractivity (Wildman–Crippen MR) is 131 cm³/mol. The van der Waals surface area contributed by atoms with Crippen LogP contribution in [0.5, 0.6) is 0 Å². The van der Waals surface area contributed by atoms with Gasteiger partial charge in [-0.25, -0.2) is 22.7 Å². The zero-order chi connectivity index (χ0) is 25.1. The Bertz CT molecular complexity index is 1160. The number of rotatable bonds is 9. The molecule has 0 radical (unpaired) electrons. The SMILES string of the molecule is Cc1n(CCCOC(=O)[C@](O)(c2ccccc2)[C@@H]2CCC(F)(F)C2)cc[n+]1Cc1ccc(Br)cc1.[Br-]. The van der Waals surface area contributed by atoms with Crippen molar-refractivity contribution in [1.82, 2.24) is 4.57 Å². The van der Waals surface area contributed by atoms with Crippen LogP contribution in [-0.2, 0) is 28.2 Å². The van der Waals surface area contributed by atoms with Crippen molar-refractivity contribution in [2.75, 3.05) is 6.61 Å². The van der Waals surface area contributed by atoms with Gasteiger partial charge in [-0.3, -0.25) is 0 Å². The van der Waals surface area contributed by atoms with Crippen LogP contribution in [-0.4, -0.2) is 28.2 Å². The molecule has 3 aromatic rings. The highest BCUT2D eigenvalue weighted by Gasteiger charge is 2.54. The fourth-order valence-electron chi connectivity index (χ4n) is 4.76. The first-order valence-corrected chi connectivity index (χ1v) is 12.6. The van der Waals surface area contributed by atoms with Gasteiger partial charge in [0.2, 0.25) is 5.92 Å². The lowest BCUT2D eigenvalue weighted by Crippen LogP contribution is -3.00. The molecule has 1 aliphatic carbocycles. The van der Waals surface area contributed by atoms with Crippen LogP contribution in [0.2, 0.25) is 0 Å². The largest absolute Gasteiger partial charge is 1.00 e. The smallest absolute Gasteiger partial charge is 0.343 e. The summed E-state index contributed by atoms with van der Waals surface area (Å²) < 4.78 is 38.6. The Morgan fingerprint density at radius 1 is 1.22 bits per heavy atom. The van der Waals surface area contributed by atoms with Crippen molar-refractivity contribution in [2.45, 2.75) is 57.2 Å². The number of aliphatic hydroxyl groups is 1. The summed E-state index contributed by atoms with van der Waals surface area (Å²) in [5.41, 5.74) is -0.605. The summed E-state index contributed by atoms with van der Waals surface area (Å²) >= 11 is 3.45. The van der Waals surface area contributed by atoms with Gasteiger partial charge in [-0.15, -0.1) is 0 Å². The lowest BCUT2D eigenvalue weighted by atomic mass is 9.80. The van der Waals surface area contributed by atoms with E-state index < -0.39 is 29.8 Å². The number of halogens is 4. The molecule has 36 heavy (non-hydrogen) atoms. The highest BCUT2D eigenvalue weighted by molar-refractivity contribution is 9.10. The van der Waals surface area contributed by atoms with Crippen LogP contribution < -0.4 is 21.5 Å². The Kier molecular flexibility index (Phi) is 9.46. The summed E-state index contributed by atoms with van der Waals surface area (Å²) in [5.74, 6) is -3.57. The van der Waals surface area contributed by atoms with Gasteiger partial charge in [0.25, 0.3) is 5.82 Å². The third kappa shape index (κ3) is 6.42. The van der Waals surface area contributed by atoms with Crippen LogP contribution >= 0.6 is 15.9 Å². The maximum absolute atomic E-state index is 13.9. The summed E-state index contributed by atoms with van der Waals surface area (Å²) in [6, 6.07) is 16.5. The summed E-state index contributed by atoms with van der Waals surface area (Å²) in [7, 11) is 0. The number of benzene rings is 2. The monoisotopic (exact) mass is 626 g/mol. The molecule has 1 N–H and O–H groups in total. The van der Waals surface area contributed by atoms with E-state index in [1.165, 1.54) is 5.56 Å². The highest BCUT2D eigenvalue weighted by atomic mass is 79.9. The van der Waals surface area contributed by atoms with Gasteiger partial charge in [-0.1, -0.05) is 58.4 Å². The summed E-state index contributed by atoms with van der Waals surface area (Å²) in [5, 5.41) is 11.4. The summed E-state index contributed by atoms with van der Waals surface area (Å²) in [6.45, 7) is 3.48. The molecule has 194 valence electrons. The van der Waals surface area contributed by atoms with Gasteiger partial charge in [-0.2, -0.15) is 0 Å². The lowest BCUT2D eigenvalue weighted by Gasteiger charge is -2.32. The second-order valence-electron chi connectivity index (χ2n) is 9.21. The second kappa shape index (κ2) is 12.0. The van der Waals surface area contributed by atoms with Crippen LogP contribution in [0.3, 0.4) is 0 Å². The molecule has 4 rings (SSSR count). The van der Waals surface area contributed by atoms with E-state index in [-0.39, 0.29) is 36.4 Å². The highest BCUT2D eigenvalue weighted by Crippen LogP contribution is 2.47. The molecule has 0 bridgehead atoms. The molecule has 5 nitrogen and oxygen atoms in total. The van der Waals surface area contributed by atoms with Crippen molar-refractivity contribution in [3.8, 4) is 0 Å². The third-order valence-corrected chi connectivity index (χ3v) is 7.35. The molecule has 0 spiro atoms. The molecule has 0 unspecified atom stereocenters. The number of carbonyl (C=O) groups is 1. The minimum atomic E-state index is -2.88. The fraction of sp³-hybridized carbons (Fsp3) is 0.407. The van der Waals surface area contributed by atoms with Gasteiger partial charge >= 0.3 is 5.97 Å². The molecule has 1 aliphatic rings. The number of imidazole rings is 1. The van der Waals surface area contributed by atoms with E-state index >= 15 is 0 Å². The molecule has 0 amide bonds. The Morgan fingerprint density at radius 3 is 2.56 bits per heavy atom. The molecule has 2 atom stereocenters. The number of carbonyl (C=O) groups excluding carboxylic acids is 1. The maximum atomic E-state index is 13.9. The van der Waals surface area contributed by atoms with Gasteiger partial charge < -0.3 is 26.8 Å². The number of alkyl halides is 2. The topological polar surface area (TPSA) is 55.3 Å². The first kappa shape index (κ1) is 28.5. The number of aromatic nitrogens is 2. The van der Waals surface area contributed by atoms with E-state index in [9.17, 15) is 18.7 Å². The Hall–Kier alpha value is -2.10. The molecule has 0 saturated heterocycles. The van der Waals surface area contributed by atoms with E-state index in [4.69, 9.17) is 4.74 Å². The van der Waals surface area contributed by atoms with Crippen LogP contribution in [0.25, 0.3) is 0 Å². The Balaban J connectivity index is 0.00000361. The quantitative estimate of drug-likeness (QED) is 0.225. The number of aryl methyl sites for hydroxylation is 1. The van der Waals surface area contributed by atoms with E-state index in [2.05, 4.69) is 37.2 Å². The van der Waals surface area contributed by atoms with Crippen LogP contribution in [0.15, 0.2) is 71.5 Å². The zero-order valence-electron chi connectivity index (χ0n) is 20.0. The average molecular weight is 628 g/mol. The van der Waals surface area contributed by atoms with Gasteiger partial charge in [0.05, 0.1) is 13.2 Å². The minimum absolute atomic E-state index is 0. The van der Waals surface area contributed by atoms with Gasteiger partial charge in [0, 0.05) is 36.6 Å². The number of nitrogens with zero attached hydrogens (tertiary/aromatic N) is 2. The molecular formula is C27H30Br2F2N2O3. The first-order chi connectivity index (χ1) is 16.7.